The predicted molar refractivity (Wildman–Crippen MR) is 156 cm³/mol. The van der Waals surface area contributed by atoms with Crippen LogP contribution in [0.1, 0.15) is 62.3 Å². The third kappa shape index (κ3) is 5.82. The summed E-state index contributed by atoms with van der Waals surface area (Å²) in [5, 5.41) is 5.73. The summed E-state index contributed by atoms with van der Waals surface area (Å²) in [6.07, 6.45) is 3.95. The van der Waals surface area contributed by atoms with Crippen LogP contribution in [-0.4, -0.2) is 35.2 Å². The summed E-state index contributed by atoms with van der Waals surface area (Å²) in [7, 11) is 0. The fraction of sp³-hybridized carbons (Fsp3) is 0.312. The first-order valence-corrected chi connectivity index (χ1v) is 13.8. The summed E-state index contributed by atoms with van der Waals surface area (Å²) in [6.45, 7) is 7.82. The van der Waals surface area contributed by atoms with E-state index in [2.05, 4.69) is 50.2 Å². The van der Waals surface area contributed by atoms with Gasteiger partial charge in [-0.05, 0) is 51.9 Å². The van der Waals surface area contributed by atoms with Crippen LogP contribution in [0.25, 0.3) is 5.57 Å². The Morgan fingerprint density at radius 3 is 2.16 bits per heavy atom. The molecule has 1 spiro atoms. The van der Waals surface area contributed by atoms with Crippen LogP contribution in [0.3, 0.4) is 0 Å². The highest BCUT2D eigenvalue weighted by Gasteiger charge is 2.43. The van der Waals surface area contributed by atoms with E-state index < -0.39 is 0 Å². The van der Waals surface area contributed by atoms with E-state index in [1.807, 2.05) is 53.4 Å². The number of hydrogen-bond acceptors (Lipinski definition) is 3. The lowest BCUT2D eigenvalue weighted by molar-refractivity contribution is -0.131. The predicted octanol–water partition coefficient (Wildman–Crippen LogP) is 7.91. The number of rotatable bonds is 4. The first-order chi connectivity index (χ1) is 18.1. The highest BCUT2D eigenvalue weighted by molar-refractivity contribution is 6.31. The van der Waals surface area contributed by atoms with Crippen LogP contribution in [0.2, 0.25) is 10.0 Å². The van der Waals surface area contributed by atoms with Gasteiger partial charge in [-0.25, -0.2) is 0 Å². The van der Waals surface area contributed by atoms with Crippen LogP contribution >= 0.6 is 23.2 Å². The summed E-state index contributed by atoms with van der Waals surface area (Å²) < 4.78 is 0. The molecule has 38 heavy (non-hydrogen) atoms. The van der Waals surface area contributed by atoms with Crippen molar-refractivity contribution in [3.05, 3.63) is 111 Å². The Balaban J connectivity index is 1.32. The number of benzene rings is 3. The molecule has 3 aromatic carbocycles. The molecule has 3 aromatic rings. The Morgan fingerprint density at radius 1 is 0.921 bits per heavy atom. The van der Waals surface area contributed by atoms with Crippen molar-refractivity contribution in [2.45, 2.75) is 51.0 Å². The second-order valence-corrected chi connectivity index (χ2v) is 12.1. The van der Waals surface area contributed by atoms with Crippen molar-refractivity contribution in [2.24, 2.45) is 5.16 Å². The number of carbonyl (C=O) groups excluding carboxylic acids is 1. The summed E-state index contributed by atoms with van der Waals surface area (Å²) in [5.41, 5.74) is 5.69. The number of halogens is 2. The quantitative estimate of drug-likeness (QED) is 0.312. The average molecular weight is 548 g/mol. The summed E-state index contributed by atoms with van der Waals surface area (Å²) >= 11 is 12.3. The molecule has 0 aromatic heterocycles. The molecular formula is C32H32Cl2N2O2. The van der Waals surface area contributed by atoms with Gasteiger partial charge in [0.15, 0.2) is 0 Å². The van der Waals surface area contributed by atoms with Crippen molar-refractivity contribution >= 4 is 40.4 Å². The zero-order valence-electron chi connectivity index (χ0n) is 22.0. The molecule has 0 radical (unpaired) electrons. The minimum atomic E-state index is -0.361. The number of oxime groups is 1. The maximum absolute atomic E-state index is 13.5. The molecule has 5 rings (SSSR count). The van der Waals surface area contributed by atoms with Crippen molar-refractivity contribution in [3.63, 3.8) is 0 Å². The standard InChI is InChI=1S/C32H32Cl2N2O2/c1-31(2,3)25-11-7-22(8-12-25)28(23-9-13-26(33)14-10-23)20-30(37)36-17-15-32(16-18-36)21-29(35-38-32)24-5-4-6-27(34)19-24/h4-14,19-20H,15-18,21H2,1-3H3. The van der Waals surface area contributed by atoms with Crippen LogP contribution in [0.15, 0.2) is 84.0 Å². The van der Waals surface area contributed by atoms with Gasteiger partial charge in [0, 0.05) is 54.0 Å². The van der Waals surface area contributed by atoms with E-state index in [0.29, 0.717) is 23.1 Å². The fourth-order valence-electron chi connectivity index (χ4n) is 5.07. The van der Waals surface area contributed by atoms with Gasteiger partial charge in [0.1, 0.15) is 5.60 Å². The molecule has 0 unspecified atom stereocenters. The Morgan fingerprint density at radius 2 is 1.55 bits per heavy atom. The third-order valence-corrected chi connectivity index (χ3v) is 7.96. The first kappa shape index (κ1) is 26.5. The van der Waals surface area contributed by atoms with Gasteiger partial charge in [-0.15, -0.1) is 0 Å². The maximum atomic E-state index is 13.5. The average Bonchev–Trinajstić information content (AvgIpc) is 3.31. The van der Waals surface area contributed by atoms with Gasteiger partial charge in [0.25, 0.3) is 0 Å². The smallest absolute Gasteiger partial charge is 0.247 e. The van der Waals surface area contributed by atoms with Crippen molar-refractivity contribution in [2.75, 3.05) is 13.1 Å². The second kappa shape index (κ2) is 10.6. The van der Waals surface area contributed by atoms with Gasteiger partial charge < -0.3 is 9.74 Å². The lowest BCUT2D eigenvalue weighted by Gasteiger charge is -2.37. The summed E-state index contributed by atoms with van der Waals surface area (Å²) in [6, 6.07) is 23.8. The number of nitrogens with zero attached hydrogens (tertiary/aromatic N) is 2. The molecule has 6 heteroatoms. The number of amides is 1. The first-order valence-electron chi connectivity index (χ1n) is 13.0. The van der Waals surface area contributed by atoms with E-state index >= 15 is 0 Å². The minimum absolute atomic E-state index is 0.00122. The molecule has 1 amide bonds. The van der Waals surface area contributed by atoms with Gasteiger partial charge in [-0.1, -0.05) is 97.7 Å². The monoisotopic (exact) mass is 546 g/mol. The lowest BCUT2D eigenvalue weighted by Crippen LogP contribution is -2.46. The van der Waals surface area contributed by atoms with Crippen molar-refractivity contribution in [3.8, 4) is 0 Å². The summed E-state index contributed by atoms with van der Waals surface area (Å²) in [5.74, 6) is -0.00122. The van der Waals surface area contributed by atoms with Gasteiger partial charge in [0.05, 0.1) is 5.71 Å². The third-order valence-electron chi connectivity index (χ3n) is 7.47. The molecule has 1 saturated heterocycles. The van der Waals surface area contributed by atoms with Crippen LogP contribution in [-0.2, 0) is 15.0 Å². The minimum Gasteiger partial charge on any atom is -0.388 e. The van der Waals surface area contributed by atoms with Crippen molar-refractivity contribution in [1.29, 1.82) is 0 Å². The number of piperidine rings is 1. The maximum Gasteiger partial charge on any atom is 0.247 e. The number of likely N-dealkylation sites (tertiary alicyclic amines) is 1. The van der Waals surface area contributed by atoms with Crippen LogP contribution < -0.4 is 0 Å². The molecule has 0 aliphatic carbocycles. The second-order valence-electron chi connectivity index (χ2n) is 11.2. The topological polar surface area (TPSA) is 41.9 Å². The van der Waals surface area contributed by atoms with E-state index in [1.165, 1.54) is 5.56 Å². The van der Waals surface area contributed by atoms with E-state index in [9.17, 15) is 4.79 Å². The largest absolute Gasteiger partial charge is 0.388 e. The zero-order chi connectivity index (χ0) is 26.9. The Bertz CT molecular complexity index is 1380. The molecule has 1 fully saturated rings. The molecule has 196 valence electrons. The van der Waals surface area contributed by atoms with Gasteiger partial charge in [0.2, 0.25) is 5.91 Å². The van der Waals surface area contributed by atoms with Crippen LogP contribution in [0.4, 0.5) is 0 Å². The molecule has 2 heterocycles. The molecule has 0 atom stereocenters. The molecular weight excluding hydrogens is 515 g/mol. The lowest BCUT2D eigenvalue weighted by atomic mass is 9.85. The Labute approximate surface area is 234 Å². The summed E-state index contributed by atoms with van der Waals surface area (Å²) in [4.78, 5) is 21.4. The number of hydrogen-bond donors (Lipinski definition) is 0. The molecule has 0 N–H and O–H groups in total. The normalized spacial score (nSPS) is 17.3. The molecule has 0 bridgehead atoms. The Hall–Kier alpha value is -3.08. The van der Waals surface area contributed by atoms with E-state index in [0.717, 1.165) is 47.2 Å². The number of carbonyl (C=O) groups is 1. The fourth-order valence-corrected chi connectivity index (χ4v) is 5.39. The molecule has 0 saturated carbocycles. The van der Waals surface area contributed by atoms with Crippen molar-refractivity contribution < 1.29 is 9.63 Å². The van der Waals surface area contributed by atoms with Crippen molar-refractivity contribution in [1.82, 2.24) is 4.90 Å². The SMILES string of the molecule is CC(C)(C)c1ccc(C(=CC(=O)N2CCC3(CC2)CC(c2cccc(Cl)c2)=NO3)c2ccc(Cl)cc2)cc1. The van der Waals surface area contributed by atoms with Gasteiger partial charge >= 0.3 is 0 Å². The molecule has 4 nitrogen and oxygen atoms in total. The van der Waals surface area contributed by atoms with Crippen LogP contribution in [0, 0.1) is 0 Å². The highest BCUT2D eigenvalue weighted by atomic mass is 35.5. The highest BCUT2D eigenvalue weighted by Crippen LogP contribution is 2.37. The molecule has 2 aliphatic heterocycles. The van der Waals surface area contributed by atoms with Gasteiger partial charge in [-0.3, -0.25) is 4.79 Å². The van der Waals surface area contributed by atoms with E-state index in [1.54, 1.807) is 6.08 Å². The van der Waals surface area contributed by atoms with Gasteiger partial charge in [-0.2, -0.15) is 0 Å². The van der Waals surface area contributed by atoms with E-state index in [-0.39, 0.29) is 16.9 Å². The molecule has 2 aliphatic rings. The van der Waals surface area contributed by atoms with E-state index in [4.69, 9.17) is 28.0 Å². The zero-order valence-corrected chi connectivity index (χ0v) is 23.5. The Kier molecular flexibility index (Phi) is 7.39. The van der Waals surface area contributed by atoms with Crippen LogP contribution in [0.5, 0.6) is 0 Å².